The molecule has 2 heterocycles. The minimum Gasteiger partial charge on any atom is -0.497 e. The minimum absolute atomic E-state index is 0.0915. The third-order valence-corrected chi connectivity index (χ3v) is 4.32. The lowest BCUT2D eigenvalue weighted by molar-refractivity contribution is -0.151. The van der Waals surface area contributed by atoms with Gasteiger partial charge >= 0.3 is 0 Å². The number of hydrogen-bond donors (Lipinski definition) is 1. The van der Waals surface area contributed by atoms with Crippen LogP contribution in [0.1, 0.15) is 17.3 Å². The van der Waals surface area contributed by atoms with E-state index in [0.717, 1.165) is 0 Å². The van der Waals surface area contributed by atoms with Crippen molar-refractivity contribution in [2.75, 3.05) is 26.7 Å². The highest BCUT2D eigenvalue weighted by molar-refractivity contribution is 5.99. The first kappa shape index (κ1) is 15.3. The van der Waals surface area contributed by atoms with Gasteiger partial charge in [0.2, 0.25) is 11.8 Å². The summed E-state index contributed by atoms with van der Waals surface area (Å²) in [6.07, 6.45) is 0. The second kappa shape index (κ2) is 5.91. The molecule has 0 radical (unpaired) electrons. The Hall–Kier alpha value is -2.57. The Kier molecular flexibility index (Phi) is 3.94. The molecule has 23 heavy (non-hydrogen) atoms. The number of nitrogens with one attached hydrogen (secondary N) is 1. The number of piperazine rings is 2. The normalized spacial score (nSPS) is 24.1. The Morgan fingerprint density at radius 3 is 2.57 bits per heavy atom. The number of nitrogens with zero attached hydrogens (tertiary/aromatic N) is 2. The van der Waals surface area contributed by atoms with Gasteiger partial charge in [-0.15, -0.1) is 0 Å². The average Bonchev–Trinajstić information content (AvgIpc) is 2.59. The Morgan fingerprint density at radius 2 is 1.91 bits per heavy atom. The van der Waals surface area contributed by atoms with Crippen LogP contribution in [0.25, 0.3) is 0 Å². The maximum atomic E-state index is 12.6. The van der Waals surface area contributed by atoms with E-state index in [9.17, 15) is 14.4 Å². The fraction of sp³-hybridized carbons (Fsp3) is 0.438. The number of carbonyl (C=O) groups excluding carboxylic acids is 3. The third-order valence-electron chi connectivity index (χ3n) is 4.32. The van der Waals surface area contributed by atoms with Gasteiger partial charge in [-0.3, -0.25) is 14.4 Å². The van der Waals surface area contributed by atoms with Crippen molar-refractivity contribution in [3.8, 4) is 5.75 Å². The van der Waals surface area contributed by atoms with Crippen molar-refractivity contribution in [2.24, 2.45) is 0 Å². The highest BCUT2D eigenvalue weighted by atomic mass is 16.5. The van der Waals surface area contributed by atoms with Gasteiger partial charge in [-0.2, -0.15) is 0 Å². The van der Waals surface area contributed by atoms with Gasteiger partial charge in [0, 0.05) is 18.7 Å². The number of methoxy groups -OCH3 is 1. The molecule has 7 heteroatoms. The molecule has 0 saturated carbocycles. The van der Waals surface area contributed by atoms with E-state index in [2.05, 4.69) is 5.32 Å². The minimum atomic E-state index is -0.602. The van der Waals surface area contributed by atoms with Gasteiger partial charge in [0.15, 0.2) is 0 Å². The Balaban J connectivity index is 1.74. The molecule has 1 aromatic carbocycles. The first-order valence-electron chi connectivity index (χ1n) is 7.55. The van der Waals surface area contributed by atoms with Gasteiger partial charge in [-0.1, -0.05) is 0 Å². The van der Waals surface area contributed by atoms with Crippen molar-refractivity contribution < 1.29 is 19.1 Å². The maximum Gasteiger partial charge on any atom is 0.254 e. The molecule has 2 aliphatic rings. The van der Waals surface area contributed by atoms with Crippen LogP contribution in [0, 0.1) is 0 Å². The summed E-state index contributed by atoms with van der Waals surface area (Å²) in [5.74, 6) is 0.235. The highest BCUT2D eigenvalue weighted by Gasteiger charge is 2.42. The number of benzene rings is 1. The van der Waals surface area contributed by atoms with Crippen LogP contribution in [0.4, 0.5) is 0 Å². The molecule has 0 spiro atoms. The van der Waals surface area contributed by atoms with Crippen molar-refractivity contribution in [3.05, 3.63) is 29.8 Å². The monoisotopic (exact) mass is 317 g/mol. The summed E-state index contributed by atoms with van der Waals surface area (Å²) in [4.78, 5) is 40.0. The number of rotatable bonds is 2. The number of ether oxygens (including phenoxy) is 1. The first-order chi connectivity index (χ1) is 11.0. The van der Waals surface area contributed by atoms with E-state index in [1.165, 1.54) is 0 Å². The molecule has 2 saturated heterocycles. The van der Waals surface area contributed by atoms with Crippen LogP contribution < -0.4 is 10.1 Å². The molecule has 0 unspecified atom stereocenters. The average molecular weight is 317 g/mol. The van der Waals surface area contributed by atoms with Crippen molar-refractivity contribution >= 4 is 17.7 Å². The number of fused-ring (bicyclic) bond motifs is 1. The molecule has 0 bridgehead atoms. The van der Waals surface area contributed by atoms with E-state index < -0.39 is 12.1 Å². The quantitative estimate of drug-likeness (QED) is 0.824. The van der Waals surface area contributed by atoms with Gasteiger partial charge in [0.1, 0.15) is 17.8 Å². The molecule has 0 aliphatic carbocycles. The third kappa shape index (κ3) is 2.74. The lowest BCUT2D eigenvalue weighted by Gasteiger charge is -2.44. The van der Waals surface area contributed by atoms with E-state index in [-0.39, 0.29) is 24.3 Å². The van der Waals surface area contributed by atoms with Crippen molar-refractivity contribution in [2.45, 2.75) is 19.0 Å². The summed E-state index contributed by atoms with van der Waals surface area (Å²) in [6, 6.07) is 5.74. The van der Waals surface area contributed by atoms with Crippen LogP contribution in [0.3, 0.4) is 0 Å². The zero-order valence-electron chi connectivity index (χ0n) is 13.1. The summed E-state index contributed by atoms with van der Waals surface area (Å²) in [5.41, 5.74) is 0.537. The van der Waals surface area contributed by atoms with E-state index >= 15 is 0 Å². The molecule has 3 amide bonds. The van der Waals surface area contributed by atoms with Crippen molar-refractivity contribution in [1.29, 1.82) is 0 Å². The summed E-state index contributed by atoms with van der Waals surface area (Å²) in [5, 5.41) is 2.66. The SMILES string of the molecule is COc1ccc(C(=O)N2CCN3C(=O)[C@H](C)NC(=O)[C@H]3C2)cc1. The predicted octanol–water partition coefficient (Wildman–Crippen LogP) is -0.133. The van der Waals surface area contributed by atoms with Gasteiger partial charge in [-0.25, -0.2) is 0 Å². The molecule has 2 aliphatic heterocycles. The zero-order valence-corrected chi connectivity index (χ0v) is 13.1. The van der Waals surface area contributed by atoms with Crippen molar-refractivity contribution in [1.82, 2.24) is 15.1 Å². The van der Waals surface area contributed by atoms with E-state index in [4.69, 9.17) is 4.74 Å². The van der Waals surface area contributed by atoms with Crippen LogP contribution in [0.2, 0.25) is 0 Å². The molecular formula is C16H19N3O4. The van der Waals surface area contributed by atoms with Gasteiger partial charge in [0.25, 0.3) is 5.91 Å². The molecule has 1 N–H and O–H groups in total. The van der Waals surface area contributed by atoms with Crippen LogP contribution in [0.5, 0.6) is 5.75 Å². The summed E-state index contributed by atoms with van der Waals surface area (Å²) < 4.78 is 5.08. The standard InChI is InChI=1S/C16H19N3O4/c1-10-15(21)19-8-7-18(9-13(19)14(20)17-10)16(22)11-3-5-12(23-2)6-4-11/h3-6,10,13H,7-9H2,1-2H3,(H,17,20)/t10-,13+/m0/s1. The molecule has 3 rings (SSSR count). The molecular weight excluding hydrogens is 298 g/mol. The fourth-order valence-electron chi connectivity index (χ4n) is 2.99. The van der Waals surface area contributed by atoms with Gasteiger partial charge in [-0.05, 0) is 31.2 Å². The Labute approximate surface area is 134 Å². The van der Waals surface area contributed by atoms with Gasteiger partial charge < -0.3 is 19.9 Å². The molecule has 2 atom stereocenters. The lowest BCUT2D eigenvalue weighted by Crippen LogP contribution is -2.69. The van der Waals surface area contributed by atoms with Crippen LogP contribution >= 0.6 is 0 Å². The molecule has 0 aromatic heterocycles. The Bertz CT molecular complexity index is 643. The Morgan fingerprint density at radius 1 is 1.22 bits per heavy atom. The first-order valence-corrected chi connectivity index (χ1v) is 7.55. The fourth-order valence-corrected chi connectivity index (χ4v) is 2.99. The predicted molar refractivity (Wildman–Crippen MR) is 82.0 cm³/mol. The number of carbonyl (C=O) groups is 3. The molecule has 7 nitrogen and oxygen atoms in total. The van der Waals surface area contributed by atoms with E-state index in [0.29, 0.717) is 24.4 Å². The second-order valence-electron chi connectivity index (χ2n) is 5.76. The summed E-state index contributed by atoms with van der Waals surface area (Å²) >= 11 is 0. The summed E-state index contributed by atoms with van der Waals surface area (Å²) in [7, 11) is 1.57. The lowest BCUT2D eigenvalue weighted by atomic mass is 10.0. The number of amides is 3. The smallest absolute Gasteiger partial charge is 0.254 e. The second-order valence-corrected chi connectivity index (χ2v) is 5.76. The largest absolute Gasteiger partial charge is 0.497 e. The van der Waals surface area contributed by atoms with Gasteiger partial charge in [0.05, 0.1) is 13.7 Å². The van der Waals surface area contributed by atoms with Crippen LogP contribution in [0.15, 0.2) is 24.3 Å². The van der Waals surface area contributed by atoms with E-state index in [1.807, 2.05) is 0 Å². The molecule has 2 fully saturated rings. The number of hydrogen-bond acceptors (Lipinski definition) is 4. The topological polar surface area (TPSA) is 79.0 Å². The molecule has 122 valence electrons. The van der Waals surface area contributed by atoms with Crippen LogP contribution in [-0.4, -0.2) is 66.3 Å². The van der Waals surface area contributed by atoms with E-state index in [1.54, 1.807) is 48.1 Å². The highest BCUT2D eigenvalue weighted by Crippen LogP contribution is 2.19. The summed E-state index contributed by atoms with van der Waals surface area (Å²) in [6.45, 7) is 2.69. The molecule has 1 aromatic rings. The van der Waals surface area contributed by atoms with Crippen molar-refractivity contribution in [3.63, 3.8) is 0 Å². The maximum absolute atomic E-state index is 12.6. The zero-order chi connectivity index (χ0) is 16.6. The van der Waals surface area contributed by atoms with Crippen LogP contribution in [-0.2, 0) is 9.59 Å².